The lowest BCUT2D eigenvalue weighted by molar-refractivity contribution is -0.138. The Balaban J connectivity index is 1.30. The van der Waals surface area contributed by atoms with Gasteiger partial charge in [0, 0.05) is 25.4 Å². The number of carbonyl (C=O) groups is 3. The van der Waals surface area contributed by atoms with Crippen molar-refractivity contribution in [2.45, 2.75) is 131 Å². The quantitative estimate of drug-likeness (QED) is 0.228. The highest BCUT2D eigenvalue weighted by Gasteiger charge is 2.59. The van der Waals surface area contributed by atoms with E-state index < -0.39 is 5.97 Å². The van der Waals surface area contributed by atoms with E-state index in [9.17, 15) is 14.4 Å². The van der Waals surface area contributed by atoms with Crippen molar-refractivity contribution in [2.75, 3.05) is 6.54 Å². The molecule has 0 unspecified atom stereocenters. The van der Waals surface area contributed by atoms with Crippen molar-refractivity contribution >= 4 is 17.8 Å². The second-order valence-corrected chi connectivity index (χ2v) is 14.8. The van der Waals surface area contributed by atoms with Gasteiger partial charge in [0.15, 0.2) is 0 Å². The van der Waals surface area contributed by atoms with Crippen LogP contribution in [0.3, 0.4) is 0 Å². The van der Waals surface area contributed by atoms with Crippen LogP contribution in [0.1, 0.15) is 125 Å². The van der Waals surface area contributed by atoms with Gasteiger partial charge in [0.1, 0.15) is 0 Å². The van der Waals surface area contributed by atoms with Crippen LogP contribution in [0.5, 0.6) is 0 Å². The second kappa shape index (κ2) is 13.0. The molecule has 0 radical (unpaired) electrons. The van der Waals surface area contributed by atoms with Crippen LogP contribution in [0.15, 0.2) is 11.6 Å². The minimum absolute atomic E-state index is 0.0330. The van der Waals surface area contributed by atoms with E-state index in [2.05, 4.69) is 51.3 Å². The van der Waals surface area contributed by atoms with Gasteiger partial charge in [-0.25, -0.2) is 0 Å². The summed E-state index contributed by atoms with van der Waals surface area (Å²) in [7, 11) is 0. The van der Waals surface area contributed by atoms with Crippen molar-refractivity contribution in [1.82, 2.24) is 10.6 Å². The van der Waals surface area contributed by atoms with E-state index >= 15 is 0 Å². The number of aliphatic carboxylic acids is 1. The molecular formula is C34H56N2O4. The first-order valence-electron chi connectivity index (χ1n) is 16.4. The average molecular weight is 557 g/mol. The standard InChI is InChI=1S/C34H56N2O4/c1-22(2)7-6-8-23(3)27-11-12-28-26-10-9-24-21-25(15-18-33(24,4)29(26)16-19-34(27,28)5)36-31(38)17-20-35-30(37)13-14-32(39)40/h9,22-23,25-29H,6-8,10-21H2,1-5H3,(H,35,37)(H,36,38)(H,39,40)/t23-,25+,26+,27-,28+,29+,33+,34-/m1/s1. The molecule has 4 aliphatic rings. The van der Waals surface area contributed by atoms with Crippen LogP contribution in [0.25, 0.3) is 0 Å². The molecule has 0 spiro atoms. The van der Waals surface area contributed by atoms with Gasteiger partial charge >= 0.3 is 5.97 Å². The molecule has 6 nitrogen and oxygen atoms in total. The summed E-state index contributed by atoms with van der Waals surface area (Å²) in [5, 5.41) is 14.6. The molecule has 0 aromatic heterocycles. The Morgan fingerprint density at radius 1 is 0.950 bits per heavy atom. The topological polar surface area (TPSA) is 95.5 Å². The fourth-order valence-electron chi connectivity index (χ4n) is 9.73. The molecule has 3 saturated carbocycles. The molecule has 3 fully saturated rings. The maximum absolute atomic E-state index is 12.6. The molecule has 4 aliphatic carbocycles. The van der Waals surface area contributed by atoms with Gasteiger partial charge in [0.05, 0.1) is 6.42 Å². The van der Waals surface area contributed by atoms with Crippen molar-refractivity contribution < 1.29 is 19.5 Å². The first kappa shape index (κ1) is 31.1. The van der Waals surface area contributed by atoms with Gasteiger partial charge in [-0.05, 0) is 97.7 Å². The molecule has 0 aromatic carbocycles. The van der Waals surface area contributed by atoms with Gasteiger partial charge in [0.25, 0.3) is 0 Å². The summed E-state index contributed by atoms with van der Waals surface area (Å²) in [6.07, 6.45) is 16.6. The SMILES string of the molecule is CC(C)CCC[C@@H](C)[C@H]1CC[C@H]2[C@@H]3CC=C4C[C@@H](NC(=O)CCNC(=O)CCC(=O)O)CC[C@]4(C)[C@H]3CC[C@]12C. The Hall–Kier alpha value is -1.85. The molecule has 3 N–H and O–H groups in total. The predicted octanol–water partition coefficient (Wildman–Crippen LogP) is 6.88. The number of rotatable bonds is 12. The number of carbonyl (C=O) groups excluding carboxylic acids is 2. The minimum atomic E-state index is -0.989. The first-order valence-corrected chi connectivity index (χ1v) is 16.4. The number of allylic oxidation sites excluding steroid dienone is 1. The number of carboxylic acid groups (broad SMARTS) is 1. The van der Waals surface area contributed by atoms with Gasteiger partial charge in [-0.3, -0.25) is 14.4 Å². The maximum atomic E-state index is 12.6. The van der Waals surface area contributed by atoms with E-state index in [0.717, 1.165) is 54.8 Å². The summed E-state index contributed by atoms with van der Waals surface area (Å²) in [4.78, 5) is 34.9. The van der Waals surface area contributed by atoms with Gasteiger partial charge in [-0.15, -0.1) is 0 Å². The van der Waals surface area contributed by atoms with Crippen LogP contribution in [0.4, 0.5) is 0 Å². The highest BCUT2D eigenvalue weighted by atomic mass is 16.4. The summed E-state index contributed by atoms with van der Waals surface area (Å²) in [6, 6.07) is 0.169. The van der Waals surface area contributed by atoms with Crippen molar-refractivity contribution in [2.24, 2.45) is 46.3 Å². The second-order valence-electron chi connectivity index (χ2n) is 14.8. The molecular weight excluding hydrogens is 500 g/mol. The summed E-state index contributed by atoms with van der Waals surface area (Å²) in [5.41, 5.74) is 2.35. The molecule has 0 bridgehead atoms. The smallest absolute Gasteiger partial charge is 0.303 e. The zero-order chi connectivity index (χ0) is 29.1. The van der Waals surface area contributed by atoms with Gasteiger partial charge < -0.3 is 15.7 Å². The van der Waals surface area contributed by atoms with Crippen LogP contribution in [0.2, 0.25) is 0 Å². The Kier molecular flexibility index (Phi) is 10.1. The number of amides is 2. The van der Waals surface area contributed by atoms with Gasteiger partial charge in [-0.1, -0.05) is 65.5 Å². The summed E-state index contributed by atoms with van der Waals surface area (Å²) < 4.78 is 0. The largest absolute Gasteiger partial charge is 0.481 e. The Morgan fingerprint density at radius 3 is 2.45 bits per heavy atom. The molecule has 0 saturated heterocycles. The number of carboxylic acids is 1. The molecule has 0 aliphatic heterocycles. The van der Waals surface area contributed by atoms with Gasteiger partial charge in [-0.2, -0.15) is 0 Å². The molecule has 40 heavy (non-hydrogen) atoms. The fraction of sp³-hybridized carbons (Fsp3) is 0.853. The third kappa shape index (κ3) is 6.78. The van der Waals surface area contributed by atoms with Crippen LogP contribution < -0.4 is 10.6 Å². The Labute approximate surface area is 242 Å². The predicted molar refractivity (Wildman–Crippen MR) is 159 cm³/mol. The maximum Gasteiger partial charge on any atom is 0.303 e. The Morgan fingerprint density at radius 2 is 1.73 bits per heavy atom. The highest BCUT2D eigenvalue weighted by Crippen LogP contribution is 2.67. The van der Waals surface area contributed by atoms with E-state index in [1.54, 1.807) is 5.57 Å². The summed E-state index contributed by atoms with van der Waals surface area (Å²) >= 11 is 0. The molecule has 2 amide bonds. The molecule has 226 valence electrons. The van der Waals surface area contributed by atoms with Crippen molar-refractivity contribution in [3.05, 3.63) is 11.6 Å². The average Bonchev–Trinajstić information content (AvgIpc) is 3.24. The van der Waals surface area contributed by atoms with Crippen LogP contribution in [-0.2, 0) is 14.4 Å². The molecule has 4 rings (SSSR count). The summed E-state index contributed by atoms with van der Waals surface area (Å²) in [6.45, 7) is 12.7. The lowest BCUT2D eigenvalue weighted by atomic mass is 9.47. The molecule has 8 atom stereocenters. The number of fused-ring (bicyclic) bond motifs is 5. The van der Waals surface area contributed by atoms with E-state index in [0.29, 0.717) is 5.41 Å². The molecule has 6 heteroatoms. The van der Waals surface area contributed by atoms with Crippen molar-refractivity contribution in [3.8, 4) is 0 Å². The number of hydrogen-bond acceptors (Lipinski definition) is 3. The minimum Gasteiger partial charge on any atom is -0.481 e. The molecule has 0 heterocycles. The monoisotopic (exact) mass is 556 g/mol. The number of nitrogens with one attached hydrogen (secondary N) is 2. The third-order valence-electron chi connectivity index (χ3n) is 11.9. The van der Waals surface area contributed by atoms with E-state index in [1.165, 1.54) is 51.4 Å². The van der Waals surface area contributed by atoms with E-state index in [4.69, 9.17) is 5.11 Å². The zero-order valence-electron chi connectivity index (χ0n) is 25.9. The van der Waals surface area contributed by atoms with Crippen LogP contribution in [-0.4, -0.2) is 35.5 Å². The van der Waals surface area contributed by atoms with Crippen LogP contribution >= 0.6 is 0 Å². The number of hydrogen-bond donors (Lipinski definition) is 3. The van der Waals surface area contributed by atoms with E-state index in [-0.39, 0.29) is 49.1 Å². The van der Waals surface area contributed by atoms with Gasteiger partial charge in [0.2, 0.25) is 11.8 Å². The fourth-order valence-corrected chi connectivity index (χ4v) is 9.73. The van der Waals surface area contributed by atoms with Crippen molar-refractivity contribution in [1.29, 1.82) is 0 Å². The van der Waals surface area contributed by atoms with Crippen molar-refractivity contribution in [3.63, 3.8) is 0 Å². The lowest BCUT2D eigenvalue weighted by Crippen LogP contribution is -2.52. The van der Waals surface area contributed by atoms with Crippen LogP contribution in [0, 0.1) is 46.3 Å². The highest BCUT2D eigenvalue weighted by molar-refractivity contribution is 5.81. The zero-order valence-corrected chi connectivity index (χ0v) is 25.9. The third-order valence-corrected chi connectivity index (χ3v) is 11.9. The normalized spacial score (nSPS) is 35.6. The van der Waals surface area contributed by atoms with E-state index in [1.807, 2.05) is 0 Å². The molecule has 0 aromatic rings. The lowest BCUT2D eigenvalue weighted by Gasteiger charge is -2.58. The summed E-state index contributed by atoms with van der Waals surface area (Å²) in [5.74, 6) is 3.65. The Bertz CT molecular complexity index is 960. The first-order chi connectivity index (χ1) is 18.9.